The van der Waals surface area contributed by atoms with Crippen LogP contribution < -0.4 is 9.47 Å². The fourth-order valence-electron chi connectivity index (χ4n) is 2.08. The van der Waals surface area contributed by atoms with Gasteiger partial charge in [-0.2, -0.15) is 0 Å². The first-order chi connectivity index (χ1) is 9.31. The maximum atomic E-state index is 5.24. The van der Waals surface area contributed by atoms with Gasteiger partial charge in [0, 0.05) is 17.8 Å². The molecule has 3 aromatic rings. The lowest BCUT2D eigenvalue weighted by Crippen LogP contribution is -1.91. The van der Waals surface area contributed by atoms with Crippen molar-refractivity contribution >= 4 is 5.52 Å². The summed E-state index contributed by atoms with van der Waals surface area (Å²) >= 11 is 0. The van der Waals surface area contributed by atoms with Crippen molar-refractivity contribution < 1.29 is 9.47 Å². The van der Waals surface area contributed by atoms with Gasteiger partial charge in [-0.05, 0) is 18.2 Å². The molecule has 0 aliphatic heterocycles. The smallest absolute Gasteiger partial charge is 0.144 e. The van der Waals surface area contributed by atoms with E-state index in [0.29, 0.717) is 0 Å². The summed E-state index contributed by atoms with van der Waals surface area (Å²) in [4.78, 5) is 4.47. The van der Waals surface area contributed by atoms with Crippen LogP contribution >= 0.6 is 0 Å². The maximum absolute atomic E-state index is 5.24. The molecule has 0 spiro atoms. The molecule has 0 radical (unpaired) electrons. The molecule has 0 bridgehead atoms. The van der Waals surface area contributed by atoms with Crippen molar-refractivity contribution in [3.8, 4) is 22.9 Å². The highest BCUT2D eigenvalue weighted by molar-refractivity contribution is 5.64. The van der Waals surface area contributed by atoms with Crippen LogP contribution in [0.15, 0.2) is 48.8 Å². The standard InChI is InChI=1S/C15H14N2O2/c1-18-13-5-3-4-11(8-13)15-16-10-12-9-14(19-2)6-7-17(12)15/h3-10H,1-2H3. The van der Waals surface area contributed by atoms with Crippen LogP contribution in [0.3, 0.4) is 0 Å². The van der Waals surface area contributed by atoms with Crippen LogP contribution in [0, 0.1) is 0 Å². The Morgan fingerprint density at radius 3 is 2.58 bits per heavy atom. The van der Waals surface area contributed by atoms with Crippen molar-refractivity contribution in [1.82, 2.24) is 9.38 Å². The number of rotatable bonds is 3. The number of aromatic nitrogens is 2. The van der Waals surface area contributed by atoms with Crippen LogP contribution in [-0.2, 0) is 0 Å². The molecule has 0 saturated heterocycles. The first-order valence-electron chi connectivity index (χ1n) is 5.97. The van der Waals surface area contributed by atoms with Crippen LogP contribution in [0.5, 0.6) is 11.5 Å². The van der Waals surface area contributed by atoms with E-state index in [4.69, 9.17) is 9.47 Å². The lowest BCUT2D eigenvalue weighted by molar-refractivity contribution is 0.414. The zero-order valence-electron chi connectivity index (χ0n) is 10.8. The van der Waals surface area contributed by atoms with E-state index >= 15 is 0 Å². The van der Waals surface area contributed by atoms with E-state index in [2.05, 4.69) is 4.98 Å². The summed E-state index contributed by atoms with van der Waals surface area (Å²) in [5.74, 6) is 2.53. The Labute approximate surface area is 111 Å². The van der Waals surface area contributed by atoms with Gasteiger partial charge < -0.3 is 9.47 Å². The average Bonchev–Trinajstić information content (AvgIpc) is 2.90. The second-order valence-corrected chi connectivity index (χ2v) is 4.18. The minimum atomic E-state index is 0.822. The quantitative estimate of drug-likeness (QED) is 0.720. The van der Waals surface area contributed by atoms with Crippen LogP contribution in [0.25, 0.3) is 16.9 Å². The summed E-state index contributed by atoms with van der Waals surface area (Å²) in [5, 5.41) is 0. The Morgan fingerprint density at radius 1 is 1.00 bits per heavy atom. The monoisotopic (exact) mass is 254 g/mol. The molecule has 0 fully saturated rings. The summed E-state index contributed by atoms with van der Waals surface area (Å²) < 4.78 is 12.5. The number of imidazole rings is 1. The molecule has 19 heavy (non-hydrogen) atoms. The summed E-state index contributed by atoms with van der Waals surface area (Å²) in [7, 11) is 3.32. The molecule has 3 rings (SSSR count). The molecule has 2 heterocycles. The Hall–Kier alpha value is -2.49. The predicted molar refractivity (Wildman–Crippen MR) is 73.7 cm³/mol. The molecule has 0 amide bonds. The molecule has 4 nitrogen and oxygen atoms in total. The molecule has 0 N–H and O–H groups in total. The van der Waals surface area contributed by atoms with E-state index in [9.17, 15) is 0 Å². The Kier molecular flexibility index (Phi) is 2.83. The Bertz CT molecular complexity index is 719. The normalized spacial score (nSPS) is 10.6. The van der Waals surface area contributed by atoms with Gasteiger partial charge in [0.2, 0.25) is 0 Å². The van der Waals surface area contributed by atoms with Crippen LogP contribution in [-0.4, -0.2) is 23.6 Å². The van der Waals surface area contributed by atoms with Crippen LogP contribution in [0.1, 0.15) is 0 Å². The number of benzene rings is 1. The molecule has 0 aliphatic rings. The van der Waals surface area contributed by atoms with Crippen molar-refractivity contribution in [3.63, 3.8) is 0 Å². The molecule has 96 valence electrons. The van der Waals surface area contributed by atoms with Crippen LogP contribution in [0.2, 0.25) is 0 Å². The van der Waals surface area contributed by atoms with Gasteiger partial charge >= 0.3 is 0 Å². The Morgan fingerprint density at radius 2 is 1.79 bits per heavy atom. The van der Waals surface area contributed by atoms with E-state index in [1.807, 2.05) is 53.2 Å². The highest BCUT2D eigenvalue weighted by atomic mass is 16.5. The fourth-order valence-corrected chi connectivity index (χ4v) is 2.08. The summed E-state index contributed by atoms with van der Waals surface area (Å²) in [5.41, 5.74) is 2.02. The van der Waals surface area contributed by atoms with Crippen molar-refractivity contribution in [3.05, 3.63) is 48.8 Å². The minimum Gasteiger partial charge on any atom is -0.497 e. The van der Waals surface area contributed by atoms with Crippen molar-refractivity contribution in [2.45, 2.75) is 0 Å². The summed E-state index contributed by atoms with van der Waals surface area (Å²) in [6.07, 6.45) is 3.79. The fraction of sp³-hybridized carbons (Fsp3) is 0.133. The van der Waals surface area contributed by atoms with Gasteiger partial charge in [0.1, 0.15) is 17.3 Å². The first kappa shape index (κ1) is 11.6. The van der Waals surface area contributed by atoms with E-state index in [1.165, 1.54) is 0 Å². The largest absolute Gasteiger partial charge is 0.497 e. The van der Waals surface area contributed by atoms with Gasteiger partial charge in [-0.3, -0.25) is 4.40 Å². The number of nitrogens with zero attached hydrogens (tertiary/aromatic N) is 2. The molecule has 2 aromatic heterocycles. The van der Waals surface area contributed by atoms with Crippen molar-refractivity contribution in [2.24, 2.45) is 0 Å². The van der Waals surface area contributed by atoms with E-state index in [-0.39, 0.29) is 0 Å². The second kappa shape index (κ2) is 4.65. The third kappa shape index (κ3) is 2.01. The second-order valence-electron chi connectivity index (χ2n) is 4.18. The van der Waals surface area contributed by atoms with E-state index in [0.717, 1.165) is 28.4 Å². The van der Waals surface area contributed by atoms with Gasteiger partial charge in [0.05, 0.1) is 25.9 Å². The number of pyridine rings is 1. The third-order valence-corrected chi connectivity index (χ3v) is 3.07. The zero-order valence-corrected chi connectivity index (χ0v) is 10.8. The summed E-state index contributed by atoms with van der Waals surface area (Å²) in [6, 6.07) is 11.7. The third-order valence-electron chi connectivity index (χ3n) is 3.07. The van der Waals surface area contributed by atoms with Crippen LogP contribution in [0.4, 0.5) is 0 Å². The number of fused-ring (bicyclic) bond motifs is 1. The predicted octanol–water partition coefficient (Wildman–Crippen LogP) is 3.02. The molecular weight excluding hydrogens is 240 g/mol. The minimum absolute atomic E-state index is 0.822. The highest BCUT2D eigenvalue weighted by Gasteiger charge is 2.07. The Balaban J connectivity index is 2.14. The zero-order chi connectivity index (χ0) is 13.2. The lowest BCUT2D eigenvalue weighted by atomic mass is 10.2. The maximum Gasteiger partial charge on any atom is 0.144 e. The number of methoxy groups -OCH3 is 2. The van der Waals surface area contributed by atoms with E-state index in [1.54, 1.807) is 14.2 Å². The molecule has 4 heteroatoms. The molecule has 0 unspecified atom stereocenters. The van der Waals surface area contributed by atoms with Gasteiger partial charge in [-0.1, -0.05) is 12.1 Å². The molecule has 0 saturated carbocycles. The lowest BCUT2D eigenvalue weighted by Gasteiger charge is -2.05. The van der Waals surface area contributed by atoms with Gasteiger partial charge in [-0.15, -0.1) is 0 Å². The topological polar surface area (TPSA) is 35.8 Å². The number of hydrogen-bond donors (Lipinski definition) is 0. The highest BCUT2D eigenvalue weighted by Crippen LogP contribution is 2.25. The first-order valence-corrected chi connectivity index (χ1v) is 5.97. The number of ether oxygens (including phenoxy) is 2. The molecule has 0 aliphatic carbocycles. The van der Waals surface area contributed by atoms with Gasteiger partial charge in [0.15, 0.2) is 0 Å². The van der Waals surface area contributed by atoms with Gasteiger partial charge in [-0.25, -0.2) is 4.98 Å². The SMILES string of the molecule is COc1cccc(-c2ncc3cc(OC)ccn23)c1. The molecule has 0 atom stereocenters. The van der Waals surface area contributed by atoms with Crippen molar-refractivity contribution in [2.75, 3.05) is 14.2 Å². The number of hydrogen-bond acceptors (Lipinski definition) is 3. The van der Waals surface area contributed by atoms with Crippen molar-refractivity contribution in [1.29, 1.82) is 0 Å². The summed E-state index contributed by atoms with van der Waals surface area (Å²) in [6.45, 7) is 0. The molecule has 1 aromatic carbocycles. The van der Waals surface area contributed by atoms with Gasteiger partial charge in [0.25, 0.3) is 0 Å². The average molecular weight is 254 g/mol. The molecular formula is C15H14N2O2. The van der Waals surface area contributed by atoms with E-state index < -0.39 is 0 Å².